The summed E-state index contributed by atoms with van der Waals surface area (Å²) in [5.74, 6) is 0.225. The first-order chi connectivity index (χ1) is 8.66. The van der Waals surface area contributed by atoms with E-state index in [1.807, 2.05) is 38.1 Å². The summed E-state index contributed by atoms with van der Waals surface area (Å²) in [5.41, 5.74) is 2.06. The molecule has 0 unspecified atom stereocenters. The molecular formula is C14H21NO2S. The van der Waals surface area contributed by atoms with E-state index in [4.69, 9.17) is 0 Å². The molecule has 4 heteroatoms. The third-order valence-corrected chi connectivity index (χ3v) is 6.37. The van der Waals surface area contributed by atoms with Crippen LogP contribution in [0.3, 0.4) is 0 Å². The summed E-state index contributed by atoms with van der Waals surface area (Å²) in [7, 11) is -3.01. The van der Waals surface area contributed by atoms with E-state index in [-0.39, 0.29) is 5.75 Å². The predicted molar refractivity (Wildman–Crippen MR) is 74.2 cm³/mol. The van der Waals surface area contributed by atoms with Crippen molar-refractivity contribution in [1.82, 2.24) is 5.32 Å². The molecule has 0 bridgehead atoms. The summed E-state index contributed by atoms with van der Waals surface area (Å²) >= 11 is 0. The average molecular weight is 267 g/mol. The second kappa shape index (κ2) is 5.02. The van der Waals surface area contributed by atoms with E-state index in [2.05, 4.69) is 5.32 Å². The number of sulfone groups is 1. The average Bonchev–Trinajstić information content (AvgIpc) is 2.62. The maximum Gasteiger partial charge on any atom is 0.164 e. The molecule has 1 aromatic rings. The molecule has 0 aliphatic carbocycles. The molecule has 2 aliphatic heterocycles. The molecule has 1 aromatic carbocycles. The zero-order valence-electron chi connectivity index (χ0n) is 11.1. The lowest BCUT2D eigenvalue weighted by atomic mass is 9.87. The van der Waals surface area contributed by atoms with E-state index in [0.717, 1.165) is 24.2 Å². The summed E-state index contributed by atoms with van der Waals surface area (Å²) in [6.45, 7) is 5.60. The molecule has 0 aromatic heterocycles. The summed E-state index contributed by atoms with van der Waals surface area (Å²) < 4.78 is 24.1. The van der Waals surface area contributed by atoms with Gasteiger partial charge in [-0.3, -0.25) is 0 Å². The van der Waals surface area contributed by atoms with Gasteiger partial charge in [-0.2, -0.15) is 0 Å². The Kier molecular flexibility index (Phi) is 3.78. The van der Waals surface area contributed by atoms with Crippen LogP contribution in [0.4, 0.5) is 0 Å². The third kappa shape index (κ3) is 1.88. The fourth-order valence-corrected chi connectivity index (χ4v) is 5.31. The molecule has 100 valence electrons. The van der Waals surface area contributed by atoms with Crippen molar-refractivity contribution in [2.75, 3.05) is 13.1 Å². The van der Waals surface area contributed by atoms with Crippen LogP contribution in [0.2, 0.25) is 0 Å². The number of rotatable bonds is 0. The molecule has 0 radical (unpaired) electrons. The zero-order valence-corrected chi connectivity index (χ0v) is 11.9. The van der Waals surface area contributed by atoms with E-state index in [0.29, 0.717) is 12.8 Å². The van der Waals surface area contributed by atoms with Crippen molar-refractivity contribution in [1.29, 1.82) is 0 Å². The third-order valence-electron chi connectivity index (χ3n) is 3.86. The first-order valence-electron chi connectivity index (χ1n) is 6.67. The molecule has 18 heavy (non-hydrogen) atoms. The number of nitrogens with one attached hydrogen (secondary N) is 1. The monoisotopic (exact) mass is 267 g/mol. The van der Waals surface area contributed by atoms with Crippen molar-refractivity contribution in [2.45, 2.75) is 37.2 Å². The van der Waals surface area contributed by atoms with Gasteiger partial charge in [0.2, 0.25) is 0 Å². The summed E-state index contributed by atoms with van der Waals surface area (Å²) in [5, 5.41) is 3.24. The Morgan fingerprint density at radius 1 is 1.11 bits per heavy atom. The van der Waals surface area contributed by atoms with Crippen LogP contribution < -0.4 is 5.32 Å². The van der Waals surface area contributed by atoms with E-state index in [1.165, 1.54) is 0 Å². The highest BCUT2D eigenvalue weighted by atomic mass is 32.2. The summed E-state index contributed by atoms with van der Waals surface area (Å²) in [6.07, 6.45) is 1.43. The fraction of sp³-hybridized carbons (Fsp3) is 0.571. The number of hydrogen-bond acceptors (Lipinski definition) is 3. The van der Waals surface area contributed by atoms with Crippen LogP contribution in [0.25, 0.3) is 0 Å². The second-order valence-electron chi connectivity index (χ2n) is 4.66. The summed E-state index contributed by atoms with van der Waals surface area (Å²) in [6, 6.07) is 7.81. The van der Waals surface area contributed by atoms with Gasteiger partial charge >= 0.3 is 0 Å². The Bertz CT molecular complexity index is 516. The van der Waals surface area contributed by atoms with Gasteiger partial charge in [0.25, 0.3) is 0 Å². The lowest BCUT2D eigenvalue weighted by Gasteiger charge is -2.33. The quantitative estimate of drug-likeness (QED) is 0.784. The molecule has 3 nitrogen and oxygen atoms in total. The lowest BCUT2D eigenvalue weighted by Crippen LogP contribution is -2.43. The maximum atomic E-state index is 12.4. The van der Waals surface area contributed by atoms with Gasteiger partial charge in [-0.25, -0.2) is 8.42 Å². The van der Waals surface area contributed by atoms with Gasteiger partial charge in [0.05, 0.1) is 5.75 Å². The van der Waals surface area contributed by atoms with Gasteiger partial charge in [0, 0.05) is 0 Å². The largest absolute Gasteiger partial charge is 0.317 e. The van der Waals surface area contributed by atoms with Crippen molar-refractivity contribution in [3.05, 3.63) is 35.4 Å². The normalized spacial score (nSPS) is 23.0. The Morgan fingerprint density at radius 2 is 1.72 bits per heavy atom. The second-order valence-corrected chi connectivity index (χ2v) is 6.96. The van der Waals surface area contributed by atoms with E-state index >= 15 is 0 Å². The zero-order chi connectivity index (χ0) is 13.2. The highest BCUT2D eigenvalue weighted by Gasteiger charge is 2.51. The molecular weight excluding hydrogens is 246 g/mol. The molecule has 0 saturated carbocycles. The minimum absolute atomic E-state index is 0.225. The number of hydrogen-bond donors (Lipinski definition) is 1. The number of benzene rings is 1. The molecule has 2 heterocycles. The molecule has 1 saturated heterocycles. The molecule has 1 N–H and O–H groups in total. The van der Waals surface area contributed by atoms with E-state index in [1.54, 1.807) is 0 Å². The standard InChI is InChI=1S/C12H15NO2S.C2H6/c14-16(15)9-10-3-1-2-4-11(10)12(16)5-7-13-8-6-12;1-2/h1-4,13H,5-9H2;1-2H3. The van der Waals surface area contributed by atoms with Crippen molar-refractivity contribution < 1.29 is 8.42 Å². The lowest BCUT2D eigenvalue weighted by molar-refractivity contribution is 0.401. The highest BCUT2D eigenvalue weighted by molar-refractivity contribution is 7.92. The topological polar surface area (TPSA) is 46.2 Å². The Morgan fingerprint density at radius 3 is 2.39 bits per heavy atom. The van der Waals surface area contributed by atoms with Crippen molar-refractivity contribution in [3.8, 4) is 0 Å². The van der Waals surface area contributed by atoms with E-state index in [9.17, 15) is 8.42 Å². The Balaban J connectivity index is 0.000000574. The highest BCUT2D eigenvalue weighted by Crippen LogP contribution is 2.47. The summed E-state index contributed by atoms with van der Waals surface area (Å²) in [4.78, 5) is 0. The van der Waals surface area contributed by atoms with Crippen LogP contribution in [0.1, 0.15) is 37.8 Å². The van der Waals surface area contributed by atoms with Crippen LogP contribution in [-0.4, -0.2) is 21.5 Å². The van der Waals surface area contributed by atoms with Crippen LogP contribution in [0, 0.1) is 0 Å². The molecule has 3 rings (SSSR count). The van der Waals surface area contributed by atoms with Gasteiger partial charge in [0.15, 0.2) is 9.84 Å². The van der Waals surface area contributed by atoms with Crippen LogP contribution >= 0.6 is 0 Å². The first-order valence-corrected chi connectivity index (χ1v) is 8.32. The Labute approximate surface area is 110 Å². The SMILES string of the molecule is CC.O=S1(=O)Cc2ccccc2C12CCNCC2. The molecule has 1 fully saturated rings. The predicted octanol–water partition coefficient (Wildman–Crippen LogP) is 2.22. The first kappa shape index (κ1) is 13.6. The van der Waals surface area contributed by atoms with Gasteiger partial charge in [-0.1, -0.05) is 38.1 Å². The Hall–Kier alpha value is -0.870. The maximum absolute atomic E-state index is 12.4. The van der Waals surface area contributed by atoms with Crippen LogP contribution in [0.5, 0.6) is 0 Å². The van der Waals surface area contributed by atoms with Crippen molar-refractivity contribution >= 4 is 9.84 Å². The smallest absolute Gasteiger partial charge is 0.164 e. The fourth-order valence-electron chi connectivity index (χ4n) is 3.01. The van der Waals surface area contributed by atoms with Gasteiger partial charge in [-0.15, -0.1) is 0 Å². The molecule has 2 aliphatic rings. The van der Waals surface area contributed by atoms with Crippen LogP contribution in [-0.2, 0) is 20.3 Å². The van der Waals surface area contributed by atoms with Crippen molar-refractivity contribution in [2.24, 2.45) is 0 Å². The van der Waals surface area contributed by atoms with Gasteiger partial charge in [0.1, 0.15) is 4.75 Å². The molecule has 0 atom stereocenters. The minimum atomic E-state index is -3.01. The van der Waals surface area contributed by atoms with Gasteiger partial charge in [-0.05, 0) is 37.1 Å². The van der Waals surface area contributed by atoms with Crippen molar-refractivity contribution in [3.63, 3.8) is 0 Å². The van der Waals surface area contributed by atoms with Crippen LogP contribution in [0.15, 0.2) is 24.3 Å². The molecule has 1 spiro atoms. The van der Waals surface area contributed by atoms with E-state index < -0.39 is 14.6 Å². The number of fused-ring (bicyclic) bond motifs is 2. The van der Waals surface area contributed by atoms with Gasteiger partial charge < -0.3 is 5.32 Å². The number of piperidine rings is 1. The molecule has 0 amide bonds. The minimum Gasteiger partial charge on any atom is -0.317 e.